The van der Waals surface area contributed by atoms with Gasteiger partial charge in [0.2, 0.25) is 5.91 Å². The van der Waals surface area contributed by atoms with Crippen LogP contribution in [0.4, 0.5) is 5.69 Å². The SMILES string of the molecule is O=C(CN1CCN(c2ccc(O)cc2)CC1)N1CCCCC1. The Morgan fingerprint density at radius 1 is 0.909 bits per heavy atom. The fraction of sp³-hybridized carbons (Fsp3) is 0.588. The number of piperazine rings is 1. The van der Waals surface area contributed by atoms with E-state index in [0.29, 0.717) is 12.3 Å². The van der Waals surface area contributed by atoms with Crippen LogP contribution in [0.15, 0.2) is 24.3 Å². The molecule has 5 heteroatoms. The summed E-state index contributed by atoms with van der Waals surface area (Å²) in [6, 6.07) is 7.34. The minimum Gasteiger partial charge on any atom is -0.508 e. The van der Waals surface area contributed by atoms with Crippen molar-refractivity contribution in [2.75, 3.05) is 50.7 Å². The zero-order valence-corrected chi connectivity index (χ0v) is 13.1. The average Bonchev–Trinajstić information content (AvgIpc) is 2.57. The van der Waals surface area contributed by atoms with Gasteiger partial charge in [-0.05, 0) is 43.5 Å². The highest BCUT2D eigenvalue weighted by Gasteiger charge is 2.22. The van der Waals surface area contributed by atoms with Crippen LogP contribution in [0.2, 0.25) is 0 Å². The molecule has 1 N–H and O–H groups in total. The van der Waals surface area contributed by atoms with Gasteiger partial charge in [0, 0.05) is 45.0 Å². The summed E-state index contributed by atoms with van der Waals surface area (Å²) >= 11 is 0. The Kier molecular flexibility index (Phi) is 4.83. The summed E-state index contributed by atoms with van der Waals surface area (Å²) in [7, 11) is 0. The molecular weight excluding hydrogens is 278 g/mol. The first kappa shape index (κ1) is 15.2. The maximum atomic E-state index is 12.3. The third kappa shape index (κ3) is 3.71. The summed E-state index contributed by atoms with van der Waals surface area (Å²) in [4.78, 5) is 18.9. The van der Waals surface area contributed by atoms with Crippen molar-refractivity contribution in [2.24, 2.45) is 0 Å². The lowest BCUT2D eigenvalue weighted by molar-refractivity contribution is -0.133. The number of nitrogens with zero attached hydrogens (tertiary/aromatic N) is 3. The van der Waals surface area contributed by atoms with Gasteiger partial charge < -0.3 is 14.9 Å². The minimum absolute atomic E-state index is 0.290. The van der Waals surface area contributed by atoms with Crippen LogP contribution >= 0.6 is 0 Å². The number of benzene rings is 1. The van der Waals surface area contributed by atoms with Crippen LogP contribution in [-0.4, -0.2) is 66.6 Å². The lowest BCUT2D eigenvalue weighted by atomic mass is 10.1. The zero-order chi connectivity index (χ0) is 15.4. The average molecular weight is 303 g/mol. The topological polar surface area (TPSA) is 47.0 Å². The highest BCUT2D eigenvalue weighted by atomic mass is 16.3. The molecule has 2 aliphatic rings. The van der Waals surface area contributed by atoms with Crippen molar-refractivity contribution < 1.29 is 9.90 Å². The molecule has 120 valence electrons. The summed E-state index contributed by atoms with van der Waals surface area (Å²) in [5.74, 6) is 0.590. The molecule has 2 aliphatic heterocycles. The van der Waals surface area contributed by atoms with Gasteiger partial charge in [-0.15, -0.1) is 0 Å². The molecule has 0 aromatic heterocycles. The quantitative estimate of drug-likeness (QED) is 0.920. The van der Waals surface area contributed by atoms with Crippen molar-refractivity contribution >= 4 is 11.6 Å². The van der Waals surface area contributed by atoms with Crippen molar-refractivity contribution in [3.8, 4) is 5.75 Å². The molecule has 0 saturated carbocycles. The molecule has 0 atom stereocenters. The van der Waals surface area contributed by atoms with Crippen molar-refractivity contribution in [3.63, 3.8) is 0 Å². The van der Waals surface area contributed by atoms with E-state index in [9.17, 15) is 9.90 Å². The predicted octanol–water partition coefficient (Wildman–Crippen LogP) is 1.53. The van der Waals surface area contributed by atoms with Gasteiger partial charge in [0.25, 0.3) is 0 Å². The van der Waals surface area contributed by atoms with E-state index in [1.54, 1.807) is 12.1 Å². The summed E-state index contributed by atoms with van der Waals surface area (Å²) in [6.07, 6.45) is 3.57. The third-order valence-corrected chi connectivity index (χ3v) is 4.65. The second-order valence-corrected chi connectivity index (χ2v) is 6.22. The minimum atomic E-state index is 0.290. The number of phenolic OH excluding ortho intramolecular Hbond substituents is 1. The van der Waals surface area contributed by atoms with Crippen molar-refractivity contribution in [3.05, 3.63) is 24.3 Å². The molecule has 2 fully saturated rings. The Labute approximate surface area is 132 Å². The Morgan fingerprint density at radius 3 is 2.18 bits per heavy atom. The molecule has 1 aromatic carbocycles. The van der Waals surface area contributed by atoms with E-state index in [0.717, 1.165) is 57.8 Å². The van der Waals surface area contributed by atoms with Crippen LogP contribution in [0.3, 0.4) is 0 Å². The molecule has 5 nitrogen and oxygen atoms in total. The molecule has 0 bridgehead atoms. The van der Waals surface area contributed by atoms with Gasteiger partial charge in [0.15, 0.2) is 0 Å². The third-order valence-electron chi connectivity index (χ3n) is 4.65. The van der Waals surface area contributed by atoms with E-state index in [4.69, 9.17) is 0 Å². The lowest BCUT2D eigenvalue weighted by Crippen LogP contribution is -2.50. The Bertz CT molecular complexity index is 489. The van der Waals surface area contributed by atoms with E-state index in [1.807, 2.05) is 17.0 Å². The smallest absolute Gasteiger partial charge is 0.236 e. The number of hydrogen-bond acceptors (Lipinski definition) is 4. The Balaban J connectivity index is 1.47. The zero-order valence-electron chi connectivity index (χ0n) is 13.1. The molecule has 0 radical (unpaired) electrons. The van der Waals surface area contributed by atoms with Crippen LogP contribution in [0.5, 0.6) is 5.75 Å². The molecule has 1 amide bonds. The van der Waals surface area contributed by atoms with E-state index in [1.165, 1.54) is 6.42 Å². The fourth-order valence-electron chi connectivity index (χ4n) is 3.26. The highest BCUT2D eigenvalue weighted by Crippen LogP contribution is 2.20. The first-order valence-corrected chi connectivity index (χ1v) is 8.26. The maximum absolute atomic E-state index is 12.3. The predicted molar refractivity (Wildman–Crippen MR) is 87.2 cm³/mol. The number of rotatable bonds is 3. The van der Waals surface area contributed by atoms with Crippen LogP contribution in [0, 0.1) is 0 Å². The number of phenols is 1. The highest BCUT2D eigenvalue weighted by molar-refractivity contribution is 5.78. The normalized spacial score (nSPS) is 20.2. The standard InChI is InChI=1S/C17H25N3O2/c21-16-6-4-15(5-7-16)19-12-10-18(11-13-19)14-17(22)20-8-2-1-3-9-20/h4-7,21H,1-3,8-14H2. The number of piperidine rings is 1. The van der Waals surface area contributed by atoms with Gasteiger partial charge in [0.05, 0.1) is 6.54 Å². The van der Waals surface area contributed by atoms with Crippen LogP contribution in [0.1, 0.15) is 19.3 Å². The van der Waals surface area contributed by atoms with Gasteiger partial charge in [-0.1, -0.05) is 0 Å². The lowest BCUT2D eigenvalue weighted by Gasteiger charge is -2.37. The number of anilines is 1. The molecule has 2 saturated heterocycles. The molecule has 0 aliphatic carbocycles. The van der Waals surface area contributed by atoms with E-state index in [-0.39, 0.29) is 5.91 Å². The number of carbonyl (C=O) groups excluding carboxylic acids is 1. The summed E-state index contributed by atoms with van der Waals surface area (Å²) in [6.45, 7) is 6.12. The largest absolute Gasteiger partial charge is 0.508 e. The molecule has 2 heterocycles. The second kappa shape index (κ2) is 7.01. The van der Waals surface area contributed by atoms with Crippen LogP contribution in [0.25, 0.3) is 0 Å². The number of likely N-dealkylation sites (tertiary alicyclic amines) is 1. The molecule has 22 heavy (non-hydrogen) atoms. The Hall–Kier alpha value is -1.75. The van der Waals surface area contributed by atoms with E-state index in [2.05, 4.69) is 9.80 Å². The van der Waals surface area contributed by atoms with Crippen molar-refractivity contribution in [1.82, 2.24) is 9.80 Å². The van der Waals surface area contributed by atoms with E-state index < -0.39 is 0 Å². The first-order valence-electron chi connectivity index (χ1n) is 8.26. The number of carbonyl (C=O) groups is 1. The number of aromatic hydroxyl groups is 1. The first-order chi connectivity index (χ1) is 10.7. The number of hydrogen-bond donors (Lipinski definition) is 1. The number of amides is 1. The van der Waals surface area contributed by atoms with Crippen molar-refractivity contribution in [1.29, 1.82) is 0 Å². The summed E-state index contributed by atoms with van der Waals surface area (Å²) < 4.78 is 0. The molecule has 0 unspecified atom stereocenters. The molecule has 0 spiro atoms. The van der Waals surface area contributed by atoms with Gasteiger partial charge in [-0.2, -0.15) is 0 Å². The Morgan fingerprint density at radius 2 is 1.55 bits per heavy atom. The van der Waals surface area contributed by atoms with Gasteiger partial charge in [-0.25, -0.2) is 0 Å². The molecule has 1 aromatic rings. The van der Waals surface area contributed by atoms with E-state index >= 15 is 0 Å². The van der Waals surface area contributed by atoms with Crippen LogP contribution < -0.4 is 4.90 Å². The summed E-state index contributed by atoms with van der Waals surface area (Å²) in [5.41, 5.74) is 1.14. The molecule has 3 rings (SSSR count). The van der Waals surface area contributed by atoms with Gasteiger partial charge in [0.1, 0.15) is 5.75 Å². The van der Waals surface area contributed by atoms with Gasteiger partial charge in [-0.3, -0.25) is 9.69 Å². The van der Waals surface area contributed by atoms with Crippen molar-refractivity contribution in [2.45, 2.75) is 19.3 Å². The summed E-state index contributed by atoms with van der Waals surface area (Å²) in [5, 5.41) is 9.35. The fourth-order valence-corrected chi connectivity index (χ4v) is 3.26. The monoisotopic (exact) mass is 303 g/mol. The molecular formula is C17H25N3O2. The van der Waals surface area contributed by atoms with Crippen LogP contribution in [-0.2, 0) is 4.79 Å². The van der Waals surface area contributed by atoms with Gasteiger partial charge >= 0.3 is 0 Å². The second-order valence-electron chi connectivity index (χ2n) is 6.22. The maximum Gasteiger partial charge on any atom is 0.236 e.